The van der Waals surface area contributed by atoms with Crippen molar-refractivity contribution >= 4 is 16.6 Å². The first-order valence-corrected chi connectivity index (χ1v) is 5.76. The van der Waals surface area contributed by atoms with Crippen LogP contribution in [-0.2, 0) is 13.6 Å². The molecule has 2 aromatic heterocycles. The number of fused-ring (bicyclic) bond motifs is 1. The summed E-state index contributed by atoms with van der Waals surface area (Å²) in [5.41, 5.74) is 3.00. The Balaban J connectivity index is 1.89. The van der Waals surface area contributed by atoms with E-state index in [1.807, 2.05) is 42.1 Å². The first-order valence-electron chi connectivity index (χ1n) is 5.76. The monoisotopic (exact) mass is 239 g/mol. The molecule has 18 heavy (non-hydrogen) atoms. The molecule has 0 bridgehead atoms. The van der Waals surface area contributed by atoms with Crippen LogP contribution in [0.5, 0.6) is 0 Å². The molecule has 3 aromatic rings. The standard InChI is InChI=1S/C13H13N5/c1-18-10(6-7-16-18)8-14-13-9-15-17-12-5-3-2-4-11(12)13/h2-7,9H,8H2,1H3,(H,14,17). The summed E-state index contributed by atoms with van der Waals surface area (Å²) in [4.78, 5) is 0. The van der Waals surface area contributed by atoms with Gasteiger partial charge in [0.15, 0.2) is 0 Å². The van der Waals surface area contributed by atoms with Crippen molar-refractivity contribution in [2.45, 2.75) is 6.54 Å². The van der Waals surface area contributed by atoms with E-state index in [0.29, 0.717) is 6.54 Å². The number of aromatic nitrogens is 4. The van der Waals surface area contributed by atoms with Gasteiger partial charge >= 0.3 is 0 Å². The van der Waals surface area contributed by atoms with Crippen molar-refractivity contribution in [1.82, 2.24) is 20.0 Å². The van der Waals surface area contributed by atoms with Gasteiger partial charge in [-0.05, 0) is 12.1 Å². The highest BCUT2D eigenvalue weighted by molar-refractivity contribution is 5.90. The number of nitrogens with one attached hydrogen (secondary N) is 1. The second kappa shape index (κ2) is 4.44. The van der Waals surface area contributed by atoms with E-state index in [2.05, 4.69) is 20.6 Å². The maximum Gasteiger partial charge on any atom is 0.0950 e. The number of hydrogen-bond acceptors (Lipinski definition) is 4. The molecule has 0 amide bonds. The predicted octanol–water partition coefficient (Wildman–Crippen LogP) is 1.98. The van der Waals surface area contributed by atoms with Gasteiger partial charge in [-0.2, -0.15) is 15.3 Å². The molecule has 0 fully saturated rings. The zero-order chi connectivity index (χ0) is 12.4. The van der Waals surface area contributed by atoms with E-state index in [-0.39, 0.29) is 0 Å². The fourth-order valence-corrected chi connectivity index (χ4v) is 1.91. The molecule has 0 spiro atoms. The van der Waals surface area contributed by atoms with Crippen LogP contribution in [0.25, 0.3) is 10.9 Å². The van der Waals surface area contributed by atoms with Crippen LogP contribution in [0.1, 0.15) is 5.69 Å². The molecule has 0 aliphatic carbocycles. The Labute approximate surface area is 104 Å². The molecule has 0 radical (unpaired) electrons. The largest absolute Gasteiger partial charge is 0.378 e. The van der Waals surface area contributed by atoms with E-state index in [1.165, 1.54) is 0 Å². The van der Waals surface area contributed by atoms with Crippen molar-refractivity contribution in [3.8, 4) is 0 Å². The van der Waals surface area contributed by atoms with Gasteiger partial charge in [0.1, 0.15) is 0 Å². The number of anilines is 1. The summed E-state index contributed by atoms with van der Waals surface area (Å²) < 4.78 is 1.85. The van der Waals surface area contributed by atoms with Crippen LogP contribution in [-0.4, -0.2) is 20.0 Å². The van der Waals surface area contributed by atoms with Gasteiger partial charge < -0.3 is 5.32 Å². The van der Waals surface area contributed by atoms with Gasteiger partial charge in [-0.25, -0.2) is 0 Å². The fourth-order valence-electron chi connectivity index (χ4n) is 1.91. The van der Waals surface area contributed by atoms with Gasteiger partial charge in [0.2, 0.25) is 0 Å². The van der Waals surface area contributed by atoms with Crippen molar-refractivity contribution in [3.63, 3.8) is 0 Å². The summed E-state index contributed by atoms with van der Waals surface area (Å²) in [6.07, 6.45) is 3.54. The van der Waals surface area contributed by atoms with Crippen LogP contribution < -0.4 is 5.32 Å². The van der Waals surface area contributed by atoms with Gasteiger partial charge in [0, 0.05) is 18.6 Å². The molecule has 0 atom stereocenters. The molecule has 0 aliphatic rings. The molecular weight excluding hydrogens is 226 g/mol. The minimum absolute atomic E-state index is 0.714. The SMILES string of the molecule is Cn1nccc1CNc1cnnc2ccccc12. The van der Waals surface area contributed by atoms with Crippen molar-refractivity contribution in [2.24, 2.45) is 7.05 Å². The molecule has 0 saturated carbocycles. The van der Waals surface area contributed by atoms with E-state index in [0.717, 1.165) is 22.3 Å². The van der Waals surface area contributed by atoms with Gasteiger partial charge in [-0.15, -0.1) is 0 Å². The summed E-state index contributed by atoms with van der Waals surface area (Å²) in [5, 5.41) is 16.7. The van der Waals surface area contributed by atoms with E-state index in [4.69, 9.17) is 0 Å². The fraction of sp³-hybridized carbons (Fsp3) is 0.154. The summed E-state index contributed by atoms with van der Waals surface area (Å²) >= 11 is 0. The number of hydrogen-bond donors (Lipinski definition) is 1. The number of nitrogens with zero attached hydrogens (tertiary/aromatic N) is 4. The molecule has 0 unspecified atom stereocenters. The first kappa shape index (κ1) is 10.7. The molecule has 1 N–H and O–H groups in total. The van der Waals surface area contributed by atoms with Crippen LogP contribution in [0, 0.1) is 0 Å². The Morgan fingerprint density at radius 3 is 2.94 bits per heavy atom. The predicted molar refractivity (Wildman–Crippen MR) is 70.1 cm³/mol. The third-order valence-electron chi connectivity index (χ3n) is 2.93. The van der Waals surface area contributed by atoms with Crippen molar-refractivity contribution in [2.75, 3.05) is 5.32 Å². The summed E-state index contributed by atoms with van der Waals surface area (Å²) in [6.45, 7) is 0.714. The van der Waals surface area contributed by atoms with Gasteiger partial charge in [0.25, 0.3) is 0 Å². The highest BCUT2D eigenvalue weighted by atomic mass is 15.3. The van der Waals surface area contributed by atoms with E-state index in [1.54, 1.807) is 12.4 Å². The molecule has 1 aromatic carbocycles. The Bertz CT molecular complexity index is 668. The summed E-state index contributed by atoms with van der Waals surface area (Å²) in [5.74, 6) is 0. The minimum Gasteiger partial charge on any atom is -0.378 e. The summed E-state index contributed by atoms with van der Waals surface area (Å²) in [7, 11) is 1.93. The third-order valence-corrected chi connectivity index (χ3v) is 2.93. The second-order valence-electron chi connectivity index (χ2n) is 4.08. The van der Waals surface area contributed by atoms with E-state index < -0.39 is 0 Å². The lowest BCUT2D eigenvalue weighted by Gasteiger charge is -2.08. The Morgan fingerprint density at radius 1 is 1.22 bits per heavy atom. The maximum atomic E-state index is 4.14. The molecule has 0 saturated heterocycles. The maximum absolute atomic E-state index is 4.14. The number of aryl methyl sites for hydroxylation is 1. The lowest BCUT2D eigenvalue weighted by molar-refractivity contribution is 0.720. The number of benzene rings is 1. The quantitative estimate of drug-likeness (QED) is 0.759. The Morgan fingerprint density at radius 2 is 2.11 bits per heavy atom. The van der Waals surface area contributed by atoms with Crippen LogP contribution in [0.4, 0.5) is 5.69 Å². The molecule has 5 nitrogen and oxygen atoms in total. The molecule has 0 aliphatic heterocycles. The van der Waals surface area contributed by atoms with Crippen LogP contribution in [0.2, 0.25) is 0 Å². The van der Waals surface area contributed by atoms with Gasteiger partial charge in [-0.1, -0.05) is 18.2 Å². The molecule has 3 rings (SSSR count). The van der Waals surface area contributed by atoms with Crippen molar-refractivity contribution in [1.29, 1.82) is 0 Å². The van der Waals surface area contributed by atoms with Crippen LogP contribution in [0.15, 0.2) is 42.7 Å². The topological polar surface area (TPSA) is 55.6 Å². The zero-order valence-electron chi connectivity index (χ0n) is 10.0. The van der Waals surface area contributed by atoms with Crippen molar-refractivity contribution < 1.29 is 0 Å². The minimum atomic E-state index is 0.714. The van der Waals surface area contributed by atoms with Gasteiger partial charge in [-0.3, -0.25) is 4.68 Å². The second-order valence-corrected chi connectivity index (χ2v) is 4.08. The van der Waals surface area contributed by atoms with Gasteiger partial charge in [0.05, 0.1) is 29.6 Å². The normalized spacial score (nSPS) is 10.7. The highest BCUT2D eigenvalue weighted by Crippen LogP contribution is 2.20. The van der Waals surface area contributed by atoms with Crippen LogP contribution >= 0.6 is 0 Å². The first-order chi connectivity index (χ1) is 8.84. The molecule has 90 valence electrons. The third kappa shape index (κ3) is 1.90. The summed E-state index contributed by atoms with van der Waals surface area (Å²) in [6, 6.07) is 9.94. The average Bonchev–Trinajstić information content (AvgIpc) is 2.82. The van der Waals surface area contributed by atoms with E-state index in [9.17, 15) is 0 Å². The average molecular weight is 239 g/mol. The lowest BCUT2D eigenvalue weighted by Crippen LogP contribution is -2.06. The molecular formula is C13H13N5. The molecule has 5 heteroatoms. The van der Waals surface area contributed by atoms with E-state index >= 15 is 0 Å². The highest BCUT2D eigenvalue weighted by Gasteiger charge is 2.03. The Hall–Kier alpha value is -2.43. The lowest BCUT2D eigenvalue weighted by atomic mass is 10.2. The molecule has 2 heterocycles. The smallest absolute Gasteiger partial charge is 0.0950 e. The van der Waals surface area contributed by atoms with Crippen LogP contribution in [0.3, 0.4) is 0 Å². The van der Waals surface area contributed by atoms with Crippen molar-refractivity contribution in [3.05, 3.63) is 48.4 Å². The Kier molecular flexibility index (Phi) is 2.64. The zero-order valence-corrected chi connectivity index (χ0v) is 10.0. The number of rotatable bonds is 3.